The highest BCUT2D eigenvalue weighted by Crippen LogP contribution is 2.23. The molecule has 1 rings (SSSR count). The van der Waals surface area contributed by atoms with E-state index in [4.69, 9.17) is 4.74 Å². The molecule has 20 heavy (non-hydrogen) atoms. The smallest absolute Gasteiger partial charge is 0.122 e. The second kappa shape index (κ2) is 7.68. The highest BCUT2D eigenvalue weighted by atomic mass is 16.5. The lowest BCUT2D eigenvalue weighted by Gasteiger charge is -2.22. The van der Waals surface area contributed by atoms with Crippen molar-refractivity contribution in [1.29, 1.82) is 0 Å². The van der Waals surface area contributed by atoms with Gasteiger partial charge in [-0.15, -0.1) is 0 Å². The van der Waals surface area contributed by atoms with Crippen molar-refractivity contribution in [3.05, 3.63) is 29.3 Å². The minimum Gasteiger partial charge on any atom is -0.496 e. The lowest BCUT2D eigenvalue weighted by Crippen LogP contribution is -2.36. The molecule has 0 radical (unpaired) electrons. The van der Waals surface area contributed by atoms with Gasteiger partial charge in [-0.1, -0.05) is 24.6 Å². The zero-order valence-corrected chi connectivity index (χ0v) is 14.0. The molecule has 0 amide bonds. The summed E-state index contributed by atoms with van der Waals surface area (Å²) >= 11 is 0. The number of hydrogen-bond acceptors (Lipinski definition) is 2. The van der Waals surface area contributed by atoms with Gasteiger partial charge < -0.3 is 10.1 Å². The lowest BCUT2D eigenvalue weighted by molar-refractivity contribution is 0.383. The highest BCUT2D eigenvalue weighted by Gasteiger charge is 2.10. The quantitative estimate of drug-likeness (QED) is 0.800. The van der Waals surface area contributed by atoms with E-state index in [2.05, 4.69) is 58.1 Å². The number of aryl methyl sites for hydroxylation is 2. The number of ether oxygens (including phenoxy) is 1. The molecule has 1 aromatic rings. The van der Waals surface area contributed by atoms with Gasteiger partial charge in [-0.3, -0.25) is 0 Å². The first kappa shape index (κ1) is 17.0. The first-order valence-corrected chi connectivity index (χ1v) is 7.70. The Bertz CT molecular complexity index is 406. The summed E-state index contributed by atoms with van der Waals surface area (Å²) in [6.07, 6.45) is 3.54. The van der Waals surface area contributed by atoms with Gasteiger partial charge in [-0.2, -0.15) is 0 Å². The van der Waals surface area contributed by atoms with Gasteiger partial charge >= 0.3 is 0 Å². The summed E-state index contributed by atoms with van der Waals surface area (Å²) in [6.45, 7) is 12.2. The molecule has 0 aliphatic rings. The third-order valence-electron chi connectivity index (χ3n) is 3.63. The number of benzene rings is 1. The molecular formula is C18H31NO. The van der Waals surface area contributed by atoms with Crippen LogP contribution in [0.3, 0.4) is 0 Å². The van der Waals surface area contributed by atoms with Gasteiger partial charge in [0.05, 0.1) is 7.11 Å². The van der Waals surface area contributed by atoms with E-state index in [1.807, 2.05) is 0 Å². The number of hydrogen-bond donors (Lipinski definition) is 1. The van der Waals surface area contributed by atoms with Gasteiger partial charge in [0.25, 0.3) is 0 Å². The van der Waals surface area contributed by atoms with Crippen molar-refractivity contribution >= 4 is 0 Å². The SMILES string of the molecule is COc1ccc(C)cc1CCC(C)CCNC(C)(C)C. The van der Waals surface area contributed by atoms with Crippen LogP contribution < -0.4 is 10.1 Å². The van der Waals surface area contributed by atoms with Gasteiger partial charge in [0.1, 0.15) is 5.75 Å². The van der Waals surface area contributed by atoms with E-state index in [1.165, 1.54) is 24.0 Å². The molecular weight excluding hydrogens is 246 g/mol. The molecule has 0 saturated carbocycles. The summed E-state index contributed by atoms with van der Waals surface area (Å²) in [4.78, 5) is 0. The minimum atomic E-state index is 0.222. The molecule has 1 unspecified atom stereocenters. The van der Waals surface area contributed by atoms with Crippen molar-refractivity contribution in [1.82, 2.24) is 5.32 Å². The Labute approximate surface area is 124 Å². The maximum atomic E-state index is 5.45. The molecule has 1 atom stereocenters. The summed E-state index contributed by atoms with van der Waals surface area (Å²) in [5.74, 6) is 1.76. The van der Waals surface area contributed by atoms with Crippen molar-refractivity contribution in [2.45, 2.75) is 59.4 Å². The van der Waals surface area contributed by atoms with Crippen LogP contribution in [0.25, 0.3) is 0 Å². The van der Waals surface area contributed by atoms with Crippen LogP contribution >= 0.6 is 0 Å². The molecule has 0 fully saturated rings. The standard InChI is InChI=1S/C18H31NO/c1-14(11-12-19-18(3,4)5)7-9-16-13-15(2)8-10-17(16)20-6/h8,10,13-14,19H,7,9,11-12H2,1-6H3. The van der Waals surface area contributed by atoms with Crippen molar-refractivity contribution in [2.75, 3.05) is 13.7 Å². The number of nitrogens with one attached hydrogen (secondary N) is 1. The van der Waals surface area contributed by atoms with Crippen LogP contribution in [0.2, 0.25) is 0 Å². The fourth-order valence-corrected chi connectivity index (χ4v) is 2.34. The minimum absolute atomic E-state index is 0.222. The lowest BCUT2D eigenvalue weighted by atomic mass is 9.96. The summed E-state index contributed by atoms with van der Waals surface area (Å²) < 4.78 is 5.45. The van der Waals surface area contributed by atoms with Gasteiger partial charge in [0.2, 0.25) is 0 Å². The van der Waals surface area contributed by atoms with Gasteiger partial charge in [0, 0.05) is 5.54 Å². The molecule has 0 bridgehead atoms. The maximum Gasteiger partial charge on any atom is 0.122 e. The third-order valence-corrected chi connectivity index (χ3v) is 3.63. The van der Waals surface area contributed by atoms with Crippen molar-refractivity contribution in [3.63, 3.8) is 0 Å². The van der Waals surface area contributed by atoms with E-state index in [9.17, 15) is 0 Å². The van der Waals surface area contributed by atoms with E-state index in [1.54, 1.807) is 7.11 Å². The normalized spacial score (nSPS) is 13.3. The third kappa shape index (κ3) is 6.42. The number of methoxy groups -OCH3 is 1. The Morgan fingerprint density at radius 1 is 1.20 bits per heavy atom. The van der Waals surface area contributed by atoms with Crippen LogP contribution in [0.1, 0.15) is 51.7 Å². The van der Waals surface area contributed by atoms with Gasteiger partial charge in [-0.05, 0) is 71.0 Å². The fourth-order valence-electron chi connectivity index (χ4n) is 2.34. The van der Waals surface area contributed by atoms with Gasteiger partial charge in [-0.25, -0.2) is 0 Å². The van der Waals surface area contributed by atoms with Crippen molar-refractivity contribution in [2.24, 2.45) is 5.92 Å². The predicted octanol–water partition coefficient (Wildman–Crippen LogP) is 4.35. The zero-order valence-electron chi connectivity index (χ0n) is 14.0. The first-order chi connectivity index (χ1) is 9.31. The van der Waals surface area contributed by atoms with Crippen LogP contribution in [0.15, 0.2) is 18.2 Å². The molecule has 0 saturated heterocycles. The summed E-state index contributed by atoms with van der Waals surface area (Å²) in [5.41, 5.74) is 2.87. The van der Waals surface area contributed by atoms with Crippen LogP contribution in [-0.2, 0) is 6.42 Å². The number of rotatable bonds is 7. The molecule has 114 valence electrons. The van der Waals surface area contributed by atoms with Gasteiger partial charge in [0.15, 0.2) is 0 Å². The van der Waals surface area contributed by atoms with Crippen LogP contribution in [0.5, 0.6) is 5.75 Å². The fraction of sp³-hybridized carbons (Fsp3) is 0.667. The van der Waals surface area contributed by atoms with E-state index in [0.717, 1.165) is 24.6 Å². The van der Waals surface area contributed by atoms with Crippen LogP contribution in [0, 0.1) is 12.8 Å². The zero-order chi connectivity index (χ0) is 15.2. The van der Waals surface area contributed by atoms with E-state index in [-0.39, 0.29) is 5.54 Å². The Hall–Kier alpha value is -1.02. The Morgan fingerprint density at radius 2 is 1.90 bits per heavy atom. The van der Waals surface area contributed by atoms with E-state index in [0.29, 0.717) is 0 Å². The molecule has 0 aromatic heterocycles. The molecule has 0 aliphatic carbocycles. The summed E-state index contributed by atoms with van der Waals surface area (Å²) in [6, 6.07) is 6.44. The predicted molar refractivity (Wildman–Crippen MR) is 87.6 cm³/mol. The average molecular weight is 277 g/mol. The van der Waals surface area contributed by atoms with Crippen LogP contribution in [0.4, 0.5) is 0 Å². The molecule has 0 spiro atoms. The molecule has 1 aromatic carbocycles. The van der Waals surface area contributed by atoms with E-state index < -0.39 is 0 Å². The molecule has 1 N–H and O–H groups in total. The topological polar surface area (TPSA) is 21.3 Å². The molecule has 0 heterocycles. The second-order valence-corrected chi connectivity index (χ2v) is 6.92. The Balaban J connectivity index is 2.41. The summed E-state index contributed by atoms with van der Waals surface area (Å²) in [7, 11) is 1.75. The molecule has 2 nitrogen and oxygen atoms in total. The second-order valence-electron chi connectivity index (χ2n) is 6.92. The molecule has 2 heteroatoms. The first-order valence-electron chi connectivity index (χ1n) is 7.70. The monoisotopic (exact) mass is 277 g/mol. The highest BCUT2D eigenvalue weighted by molar-refractivity contribution is 5.36. The van der Waals surface area contributed by atoms with E-state index >= 15 is 0 Å². The maximum absolute atomic E-state index is 5.45. The Morgan fingerprint density at radius 3 is 2.50 bits per heavy atom. The summed E-state index contributed by atoms with van der Waals surface area (Å²) in [5, 5.41) is 3.56. The largest absolute Gasteiger partial charge is 0.496 e. The average Bonchev–Trinajstić information content (AvgIpc) is 2.35. The Kier molecular flexibility index (Phi) is 6.54. The van der Waals surface area contributed by atoms with Crippen molar-refractivity contribution in [3.8, 4) is 5.75 Å². The van der Waals surface area contributed by atoms with Crippen LogP contribution in [-0.4, -0.2) is 19.2 Å². The molecule has 0 aliphatic heterocycles. The van der Waals surface area contributed by atoms with Crippen molar-refractivity contribution < 1.29 is 4.74 Å².